The summed E-state index contributed by atoms with van der Waals surface area (Å²) in [7, 11) is 0. The number of aryl methyl sites for hydroxylation is 3. The molecule has 0 atom stereocenters. The summed E-state index contributed by atoms with van der Waals surface area (Å²) in [6.07, 6.45) is 10.5. The van der Waals surface area contributed by atoms with Crippen molar-refractivity contribution in [3.05, 3.63) is 102 Å². The van der Waals surface area contributed by atoms with Crippen molar-refractivity contribution in [3.8, 4) is 0 Å². The van der Waals surface area contributed by atoms with E-state index in [0.717, 1.165) is 32.1 Å². The number of fused-ring (bicyclic) bond motifs is 1. The predicted molar refractivity (Wildman–Crippen MR) is 125 cm³/mol. The molecule has 0 fully saturated rings. The third-order valence-corrected chi connectivity index (χ3v) is 5.23. The first-order valence-electron chi connectivity index (χ1n) is 10.7. The van der Waals surface area contributed by atoms with Gasteiger partial charge in [-0.3, -0.25) is 4.98 Å². The van der Waals surface area contributed by atoms with Crippen LogP contribution in [0.15, 0.2) is 79.3 Å². The average Bonchev–Trinajstić information content (AvgIpc) is 3.12. The first-order chi connectivity index (χ1) is 14.7. The van der Waals surface area contributed by atoms with E-state index in [2.05, 4.69) is 78.1 Å². The van der Waals surface area contributed by atoms with Gasteiger partial charge in [0.15, 0.2) is 0 Å². The number of nitrogens with zero attached hydrogens (tertiary/aromatic N) is 2. The second-order valence-electron chi connectivity index (χ2n) is 7.56. The summed E-state index contributed by atoms with van der Waals surface area (Å²) in [5.74, 6) is 0. The fourth-order valence-corrected chi connectivity index (χ4v) is 3.65. The third kappa shape index (κ3) is 5.90. The Hall–Kier alpha value is -3.20. The van der Waals surface area contributed by atoms with Gasteiger partial charge in [-0.05, 0) is 61.1 Å². The van der Waals surface area contributed by atoms with Gasteiger partial charge in [0.05, 0.1) is 0 Å². The number of benzene rings is 2. The molecule has 0 saturated carbocycles. The number of hydrogen-bond donors (Lipinski definition) is 0. The standard InChI is InChI=1S/C20H21NO.C7H9N/c1-16-7-6-8-17(13-16)14-21-15-18(9-4-5-12-22)19-10-2-3-11-20(19)21;1-2-7-3-5-8-6-4-7/h2-3,6-8,10-13,15H,4-5,9,14H2,1H3;3-6H,2H2,1H3. The van der Waals surface area contributed by atoms with E-state index < -0.39 is 0 Å². The summed E-state index contributed by atoms with van der Waals surface area (Å²) in [5, 5.41) is 1.31. The van der Waals surface area contributed by atoms with Crippen LogP contribution in [0.4, 0.5) is 0 Å². The smallest absolute Gasteiger partial charge is 0.120 e. The molecule has 0 unspecified atom stereocenters. The Kier molecular flexibility index (Phi) is 7.96. The number of rotatable bonds is 7. The van der Waals surface area contributed by atoms with E-state index in [0.29, 0.717) is 6.42 Å². The molecule has 4 rings (SSSR count). The summed E-state index contributed by atoms with van der Waals surface area (Å²) in [5.41, 5.74) is 6.57. The maximum Gasteiger partial charge on any atom is 0.120 e. The molecular weight excluding hydrogens is 368 g/mol. The zero-order valence-corrected chi connectivity index (χ0v) is 17.9. The zero-order chi connectivity index (χ0) is 21.2. The van der Waals surface area contributed by atoms with Crippen LogP contribution in [0.2, 0.25) is 0 Å². The van der Waals surface area contributed by atoms with Crippen molar-refractivity contribution in [2.75, 3.05) is 0 Å². The summed E-state index contributed by atoms with van der Waals surface area (Å²) >= 11 is 0. The van der Waals surface area contributed by atoms with E-state index in [9.17, 15) is 4.79 Å². The van der Waals surface area contributed by atoms with Crippen molar-refractivity contribution in [1.29, 1.82) is 0 Å². The first kappa shape index (κ1) is 21.5. The third-order valence-electron chi connectivity index (χ3n) is 5.23. The van der Waals surface area contributed by atoms with Gasteiger partial charge in [-0.15, -0.1) is 0 Å². The minimum Gasteiger partial charge on any atom is -0.343 e. The number of aromatic nitrogens is 2. The second kappa shape index (κ2) is 11.1. The Morgan fingerprint density at radius 3 is 2.47 bits per heavy atom. The molecule has 30 heavy (non-hydrogen) atoms. The van der Waals surface area contributed by atoms with Gasteiger partial charge in [-0.25, -0.2) is 0 Å². The number of pyridine rings is 1. The lowest BCUT2D eigenvalue weighted by molar-refractivity contribution is -0.107. The van der Waals surface area contributed by atoms with Gasteiger partial charge in [0, 0.05) is 42.5 Å². The van der Waals surface area contributed by atoms with E-state index >= 15 is 0 Å². The van der Waals surface area contributed by atoms with Crippen molar-refractivity contribution in [2.24, 2.45) is 0 Å². The molecule has 2 aromatic carbocycles. The first-order valence-corrected chi connectivity index (χ1v) is 10.7. The highest BCUT2D eigenvalue weighted by Gasteiger charge is 2.08. The second-order valence-corrected chi connectivity index (χ2v) is 7.56. The molecule has 3 heteroatoms. The molecular formula is C27H30N2O. The molecule has 2 heterocycles. The molecule has 0 saturated heterocycles. The Morgan fingerprint density at radius 2 is 1.77 bits per heavy atom. The number of carbonyl (C=O) groups excluding carboxylic acids is 1. The van der Waals surface area contributed by atoms with Crippen LogP contribution >= 0.6 is 0 Å². The molecule has 154 valence electrons. The van der Waals surface area contributed by atoms with Gasteiger partial charge in [-0.2, -0.15) is 0 Å². The minimum atomic E-state index is 0.636. The molecule has 0 spiro atoms. The highest BCUT2D eigenvalue weighted by molar-refractivity contribution is 5.84. The summed E-state index contributed by atoms with van der Waals surface area (Å²) in [4.78, 5) is 14.4. The predicted octanol–water partition coefficient (Wildman–Crippen LogP) is 6.16. The van der Waals surface area contributed by atoms with Crippen LogP contribution in [-0.2, 0) is 24.2 Å². The maximum atomic E-state index is 10.5. The molecule has 4 aromatic rings. The molecule has 0 N–H and O–H groups in total. The van der Waals surface area contributed by atoms with Gasteiger partial charge in [-0.1, -0.05) is 55.0 Å². The Morgan fingerprint density at radius 1 is 0.967 bits per heavy atom. The number of para-hydroxylation sites is 1. The average molecular weight is 399 g/mol. The van der Waals surface area contributed by atoms with Crippen LogP contribution < -0.4 is 0 Å². The van der Waals surface area contributed by atoms with Crippen LogP contribution in [0.1, 0.15) is 42.0 Å². The molecule has 0 amide bonds. The van der Waals surface area contributed by atoms with Gasteiger partial charge < -0.3 is 9.36 Å². The molecule has 0 aliphatic heterocycles. The number of carbonyl (C=O) groups is 1. The number of hydrogen-bond acceptors (Lipinski definition) is 2. The molecule has 3 nitrogen and oxygen atoms in total. The van der Waals surface area contributed by atoms with Crippen LogP contribution in [-0.4, -0.2) is 15.8 Å². The minimum absolute atomic E-state index is 0.636. The zero-order valence-electron chi connectivity index (χ0n) is 17.9. The summed E-state index contributed by atoms with van der Waals surface area (Å²) in [6, 6.07) is 21.2. The van der Waals surface area contributed by atoms with E-state index in [1.165, 1.54) is 33.2 Å². The highest BCUT2D eigenvalue weighted by atomic mass is 16.1. The van der Waals surface area contributed by atoms with Gasteiger partial charge in [0.2, 0.25) is 0 Å². The summed E-state index contributed by atoms with van der Waals surface area (Å²) < 4.78 is 2.32. The van der Waals surface area contributed by atoms with Crippen molar-refractivity contribution < 1.29 is 4.79 Å². The summed E-state index contributed by atoms with van der Waals surface area (Å²) in [6.45, 7) is 5.15. The van der Waals surface area contributed by atoms with E-state index in [-0.39, 0.29) is 0 Å². The van der Waals surface area contributed by atoms with Crippen LogP contribution in [0.3, 0.4) is 0 Å². The number of aldehydes is 1. The van der Waals surface area contributed by atoms with Gasteiger partial charge in [0.1, 0.15) is 6.29 Å². The van der Waals surface area contributed by atoms with Crippen molar-refractivity contribution >= 4 is 17.2 Å². The molecule has 0 radical (unpaired) electrons. The van der Waals surface area contributed by atoms with Gasteiger partial charge in [0.25, 0.3) is 0 Å². The number of unbranched alkanes of at least 4 members (excludes halogenated alkanes) is 1. The Balaban J connectivity index is 0.000000269. The lowest BCUT2D eigenvalue weighted by Crippen LogP contribution is -1.98. The largest absolute Gasteiger partial charge is 0.343 e. The van der Waals surface area contributed by atoms with E-state index in [4.69, 9.17) is 0 Å². The normalized spacial score (nSPS) is 10.5. The van der Waals surface area contributed by atoms with Crippen molar-refractivity contribution in [3.63, 3.8) is 0 Å². The Bertz CT molecular complexity index is 1070. The van der Waals surface area contributed by atoms with E-state index in [1.807, 2.05) is 24.5 Å². The molecule has 0 bridgehead atoms. The quantitative estimate of drug-likeness (QED) is 0.276. The maximum absolute atomic E-state index is 10.5. The van der Waals surface area contributed by atoms with E-state index in [1.54, 1.807) is 0 Å². The molecule has 0 aliphatic rings. The van der Waals surface area contributed by atoms with Crippen molar-refractivity contribution in [2.45, 2.75) is 46.1 Å². The van der Waals surface area contributed by atoms with Gasteiger partial charge >= 0.3 is 0 Å². The Labute approximate surface area is 179 Å². The lowest BCUT2D eigenvalue weighted by atomic mass is 10.1. The fraction of sp³-hybridized carbons (Fsp3) is 0.259. The van der Waals surface area contributed by atoms with Crippen molar-refractivity contribution in [1.82, 2.24) is 9.55 Å². The molecule has 0 aliphatic carbocycles. The van der Waals surface area contributed by atoms with Crippen LogP contribution in [0, 0.1) is 6.92 Å². The molecule has 2 aromatic heterocycles. The topological polar surface area (TPSA) is 34.9 Å². The lowest BCUT2D eigenvalue weighted by Gasteiger charge is -2.06. The fourth-order valence-electron chi connectivity index (χ4n) is 3.65. The SMILES string of the molecule is CCc1ccncc1.Cc1cccc(Cn2cc(CCCC=O)c3ccccc32)c1. The highest BCUT2D eigenvalue weighted by Crippen LogP contribution is 2.24. The van der Waals surface area contributed by atoms with Crippen LogP contribution in [0.5, 0.6) is 0 Å². The van der Waals surface area contributed by atoms with Crippen LogP contribution in [0.25, 0.3) is 10.9 Å². The monoisotopic (exact) mass is 398 g/mol.